The Kier molecular flexibility index (Phi) is 4.11. The smallest absolute Gasteiger partial charge is 0.329 e. The largest absolute Gasteiger partial charge is 0.480 e. The van der Waals surface area contributed by atoms with Crippen molar-refractivity contribution >= 4 is 11.9 Å². The topological polar surface area (TPSA) is 84.2 Å². The standard InChI is InChI=1S/C12H19N3O3/c1-5-12(4,11(17)18)13-10(16)9-7-8(3)14-15(9)6-2/h7H,5-6H2,1-4H3,(H,13,16)(H,17,18). The fourth-order valence-electron chi connectivity index (χ4n) is 1.58. The molecule has 100 valence electrons. The van der Waals surface area contributed by atoms with E-state index in [0.29, 0.717) is 18.7 Å². The van der Waals surface area contributed by atoms with Gasteiger partial charge in [-0.1, -0.05) is 6.92 Å². The molecule has 18 heavy (non-hydrogen) atoms. The van der Waals surface area contributed by atoms with Gasteiger partial charge in [0.2, 0.25) is 0 Å². The number of carboxylic acids is 1. The van der Waals surface area contributed by atoms with Crippen LogP contribution in [0, 0.1) is 6.92 Å². The van der Waals surface area contributed by atoms with Crippen LogP contribution in [0.3, 0.4) is 0 Å². The minimum absolute atomic E-state index is 0.313. The molecule has 0 saturated heterocycles. The minimum atomic E-state index is -1.26. The number of rotatable bonds is 5. The summed E-state index contributed by atoms with van der Waals surface area (Å²) in [4.78, 5) is 23.2. The van der Waals surface area contributed by atoms with E-state index in [2.05, 4.69) is 10.4 Å². The summed E-state index contributed by atoms with van der Waals surface area (Å²) in [6.07, 6.45) is 0.313. The Hall–Kier alpha value is -1.85. The van der Waals surface area contributed by atoms with Crippen LogP contribution in [0.2, 0.25) is 0 Å². The number of amides is 1. The van der Waals surface area contributed by atoms with Crippen LogP contribution in [0.1, 0.15) is 43.4 Å². The highest BCUT2D eigenvalue weighted by molar-refractivity contribution is 5.96. The first-order chi connectivity index (χ1) is 8.34. The van der Waals surface area contributed by atoms with Crippen molar-refractivity contribution in [2.24, 2.45) is 0 Å². The number of carbonyl (C=O) groups excluding carboxylic acids is 1. The van der Waals surface area contributed by atoms with Crippen LogP contribution < -0.4 is 5.32 Å². The molecular formula is C12H19N3O3. The van der Waals surface area contributed by atoms with E-state index in [1.807, 2.05) is 6.92 Å². The fourth-order valence-corrected chi connectivity index (χ4v) is 1.58. The van der Waals surface area contributed by atoms with Crippen molar-refractivity contribution in [1.82, 2.24) is 15.1 Å². The lowest BCUT2D eigenvalue weighted by molar-refractivity contribution is -0.143. The summed E-state index contributed by atoms with van der Waals surface area (Å²) in [6.45, 7) is 7.44. The van der Waals surface area contributed by atoms with E-state index in [0.717, 1.165) is 5.69 Å². The van der Waals surface area contributed by atoms with E-state index in [1.54, 1.807) is 24.6 Å². The number of nitrogens with zero attached hydrogens (tertiary/aromatic N) is 2. The average molecular weight is 253 g/mol. The van der Waals surface area contributed by atoms with Crippen molar-refractivity contribution < 1.29 is 14.7 Å². The second-order valence-corrected chi connectivity index (χ2v) is 4.43. The second-order valence-electron chi connectivity index (χ2n) is 4.43. The maximum absolute atomic E-state index is 12.1. The molecule has 0 saturated carbocycles. The molecular weight excluding hydrogens is 234 g/mol. The van der Waals surface area contributed by atoms with Crippen molar-refractivity contribution in [1.29, 1.82) is 0 Å². The van der Waals surface area contributed by atoms with Gasteiger partial charge in [-0.25, -0.2) is 4.79 Å². The molecule has 6 heteroatoms. The maximum atomic E-state index is 12.1. The zero-order chi connectivity index (χ0) is 13.9. The number of carbonyl (C=O) groups is 2. The first kappa shape index (κ1) is 14.2. The number of nitrogens with one attached hydrogen (secondary N) is 1. The molecule has 0 fully saturated rings. The third-order valence-corrected chi connectivity index (χ3v) is 3.00. The molecule has 2 N–H and O–H groups in total. The summed E-state index contributed by atoms with van der Waals surface area (Å²) in [5, 5.41) is 15.8. The summed E-state index contributed by atoms with van der Waals surface area (Å²) in [5.74, 6) is -1.46. The molecule has 0 aliphatic carbocycles. The van der Waals surface area contributed by atoms with Gasteiger partial charge in [-0.05, 0) is 33.3 Å². The van der Waals surface area contributed by atoms with E-state index >= 15 is 0 Å². The maximum Gasteiger partial charge on any atom is 0.329 e. The molecule has 1 amide bonds. The van der Waals surface area contributed by atoms with Gasteiger partial charge in [-0.2, -0.15) is 5.10 Å². The van der Waals surface area contributed by atoms with Gasteiger partial charge in [0.1, 0.15) is 11.2 Å². The number of aliphatic carboxylic acids is 1. The van der Waals surface area contributed by atoms with Crippen molar-refractivity contribution in [3.8, 4) is 0 Å². The molecule has 1 atom stereocenters. The van der Waals surface area contributed by atoms with Crippen molar-refractivity contribution in [3.05, 3.63) is 17.5 Å². The molecule has 1 heterocycles. The van der Waals surface area contributed by atoms with Crippen LogP contribution in [0.25, 0.3) is 0 Å². The lowest BCUT2D eigenvalue weighted by Crippen LogP contribution is -2.52. The molecule has 1 rings (SSSR count). The predicted octanol–water partition coefficient (Wildman–Crippen LogP) is 1.19. The van der Waals surface area contributed by atoms with Crippen LogP contribution in [0.5, 0.6) is 0 Å². The highest BCUT2D eigenvalue weighted by atomic mass is 16.4. The molecule has 0 radical (unpaired) electrons. The monoisotopic (exact) mass is 253 g/mol. The molecule has 1 unspecified atom stereocenters. The van der Waals surface area contributed by atoms with Crippen LogP contribution in [0.4, 0.5) is 0 Å². The SMILES string of the molecule is CCn1nc(C)cc1C(=O)NC(C)(CC)C(=O)O. The van der Waals surface area contributed by atoms with Gasteiger partial charge < -0.3 is 10.4 Å². The van der Waals surface area contributed by atoms with Crippen LogP contribution in [-0.4, -0.2) is 32.3 Å². The average Bonchev–Trinajstić information content (AvgIpc) is 2.70. The summed E-state index contributed by atoms with van der Waals surface area (Å²) < 4.78 is 1.56. The summed E-state index contributed by atoms with van der Waals surface area (Å²) in [6, 6.07) is 1.65. The third kappa shape index (κ3) is 2.69. The summed E-state index contributed by atoms with van der Waals surface area (Å²) in [5.41, 5.74) is -0.139. The number of aryl methyl sites for hydroxylation is 2. The van der Waals surface area contributed by atoms with Crippen molar-refractivity contribution in [3.63, 3.8) is 0 Å². The zero-order valence-corrected chi connectivity index (χ0v) is 11.1. The Morgan fingerprint density at radius 3 is 2.56 bits per heavy atom. The quantitative estimate of drug-likeness (QED) is 0.825. The molecule has 0 spiro atoms. The molecule has 0 aliphatic heterocycles. The van der Waals surface area contributed by atoms with E-state index < -0.39 is 17.4 Å². The van der Waals surface area contributed by atoms with E-state index in [4.69, 9.17) is 5.11 Å². The molecule has 0 bridgehead atoms. The van der Waals surface area contributed by atoms with Gasteiger partial charge in [0.25, 0.3) is 5.91 Å². The van der Waals surface area contributed by atoms with Gasteiger partial charge in [-0.3, -0.25) is 9.48 Å². The number of hydrogen-bond donors (Lipinski definition) is 2. The number of hydrogen-bond acceptors (Lipinski definition) is 3. The predicted molar refractivity (Wildman–Crippen MR) is 66.4 cm³/mol. The lowest BCUT2D eigenvalue weighted by Gasteiger charge is -2.24. The van der Waals surface area contributed by atoms with E-state index in [1.165, 1.54) is 6.92 Å². The van der Waals surface area contributed by atoms with Crippen LogP contribution >= 0.6 is 0 Å². The third-order valence-electron chi connectivity index (χ3n) is 3.00. The molecule has 0 aliphatic rings. The Balaban J connectivity index is 2.98. The Bertz CT molecular complexity index is 467. The zero-order valence-electron chi connectivity index (χ0n) is 11.1. The Morgan fingerprint density at radius 2 is 2.11 bits per heavy atom. The van der Waals surface area contributed by atoms with Crippen LogP contribution in [-0.2, 0) is 11.3 Å². The molecule has 1 aromatic heterocycles. The Labute approximate surface area is 106 Å². The summed E-state index contributed by atoms with van der Waals surface area (Å²) >= 11 is 0. The van der Waals surface area contributed by atoms with E-state index in [-0.39, 0.29) is 0 Å². The Morgan fingerprint density at radius 1 is 1.50 bits per heavy atom. The van der Waals surface area contributed by atoms with Crippen molar-refractivity contribution in [2.75, 3.05) is 0 Å². The van der Waals surface area contributed by atoms with Gasteiger partial charge in [0.05, 0.1) is 5.69 Å². The van der Waals surface area contributed by atoms with Gasteiger partial charge in [0.15, 0.2) is 0 Å². The van der Waals surface area contributed by atoms with E-state index in [9.17, 15) is 9.59 Å². The first-order valence-corrected chi connectivity index (χ1v) is 5.94. The molecule has 6 nitrogen and oxygen atoms in total. The number of carboxylic acid groups (broad SMARTS) is 1. The van der Waals surface area contributed by atoms with Gasteiger partial charge in [0, 0.05) is 6.54 Å². The second kappa shape index (κ2) is 5.20. The van der Waals surface area contributed by atoms with Gasteiger partial charge >= 0.3 is 5.97 Å². The highest BCUT2D eigenvalue weighted by Crippen LogP contribution is 2.12. The minimum Gasteiger partial charge on any atom is -0.480 e. The normalized spacial score (nSPS) is 14.0. The molecule has 1 aromatic rings. The van der Waals surface area contributed by atoms with Gasteiger partial charge in [-0.15, -0.1) is 0 Å². The van der Waals surface area contributed by atoms with Crippen LogP contribution in [0.15, 0.2) is 6.07 Å². The van der Waals surface area contributed by atoms with Crippen molar-refractivity contribution in [2.45, 2.75) is 46.2 Å². The summed E-state index contributed by atoms with van der Waals surface area (Å²) in [7, 11) is 0. The first-order valence-electron chi connectivity index (χ1n) is 5.94. The fraction of sp³-hybridized carbons (Fsp3) is 0.583. The number of aromatic nitrogens is 2. The lowest BCUT2D eigenvalue weighted by atomic mass is 9.99. The molecule has 0 aromatic carbocycles. The highest BCUT2D eigenvalue weighted by Gasteiger charge is 2.33.